The Labute approximate surface area is 330 Å². The predicted molar refractivity (Wildman–Crippen MR) is 197 cm³/mol. The van der Waals surface area contributed by atoms with Crippen LogP contribution in [-0.2, 0) is 57.0 Å². The number of carbonyl (C=O) groups is 2. The number of hydrogen-bond acceptors (Lipinski definition) is 14. The van der Waals surface area contributed by atoms with Crippen molar-refractivity contribution in [3.8, 4) is 0 Å². The maximum absolute atomic E-state index is 13.4. The molecule has 56 heavy (non-hydrogen) atoms. The zero-order valence-corrected chi connectivity index (χ0v) is 34.3. The average molecular weight is 793 g/mol. The Morgan fingerprint density at radius 2 is 1.30 bits per heavy atom. The number of cyclic esters (lactones) is 1. The number of ketones is 1. The van der Waals surface area contributed by atoms with Crippen molar-refractivity contribution < 1.29 is 67.2 Å². The first kappa shape index (κ1) is 41.2. The van der Waals surface area contributed by atoms with Crippen LogP contribution in [0.2, 0.25) is 0 Å². The van der Waals surface area contributed by atoms with Crippen LogP contribution in [0.3, 0.4) is 0 Å². The third kappa shape index (κ3) is 6.56. The van der Waals surface area contributed by atoms with Gasteiger partial charge in [-0.2, -0.15) is 0 Å². The predicted octanol–water partition coefficient (Wildman–Crippen LogP) is 3.75. The van der Waals surface area contributed by atoms with Crippen LogP contribution in [0.1, 0.15) is 98.8 Å². The molecule has 316 valence electrons. The Bertz CT molecular complexity index is 1510. The Balaban J connectivity index is 0.871. The topological polar surface area (TPSA) is 167 Å². The first-order chi connectivity index (χ1) is 26.7. The lowest BCUT2D eigenvalue weighted by atomic mass is 9.45. The van der Waals surface area contributed by atoms with Gasteiger partial charge in [-0.1, -0.05) is 18.6 Å². The molecule has 4 heterocycles. The monoisotopic (exact) mass is 792 g/mol. The van der Waals surface area contributed by atoms with Crippen LogP contribution < -0.4 is 0 Å². The molecule has 8 aliphatic rings. The lowest BCUT2D eigenvalue weighted by Crippen LogP contribution is -2.63. The van der Waals surface area contributed by atoms with Gasteiger partial charge in [0.2, 0.25) is 0 Å². The number of fused-ring (bicyclic) bond motifs is 4. The molecule has 0 unspecified atom stereocenters. The molecule has 14 nitrogen and oxygen atoms in total. The highest BCUT2D eigenvalue weighted by atomic mass is 16.7. The van der Waals surface area contributed by atoms with Gasteiger partial charge in [-0.25, -0.2) is 0 Å². The molecule has 0 amide bonds. The van der Waals surface area contributed by atoms with E-state index in [1.54, 1.807) is 35.2 Å². The quantitative estimate of drug-likeness (QED) is 0.256. The van der Waals surface area contributed by atoms with Crippen LogP contribution in [0.4, 0.5) is 0 Å². The SMILES string of the molecule is CO[C@H]1C[C@H](O[C@H]2CC[C@@]3(C)C(=CC[C@@H]4[C@@H]3CC[C@]35C(=O)O[C@H](C)[C@H]3C(=O)C[C@]45O)C2)O[C@H](C)[C@H]1O[C@H]1C[C@H](OC)[C@H](O[C@@H]2C[C@@H](OC)[C@@H](O)[C@H](C)O2)[C@@H](C)O1. The molecular weight excluding hydrogens is 728 g/mol. The van der Waals surface area contributed by atoms with E-state index in [1.807, 2.05) is 13.8 Å². The number of Topliss-reactive ketones (excluding diaryl/α,β-unsaturated/α-hetero) is 1. The summed E-state index contributed by atoms with van der Waals surface area (Å²) in [6, 6.07) is 0. The van der Waals surface area contributed by atoms with E-state index in [9.17, 15) is 19.8 Å². The Hall–Kier alpha value is -1.56. The highest BCUT2D eigenvalue weighted by Crippen LogP contribution is 2.69. The van der Waals surface area contributed by atoms with Crippen LogP contribution in [0, 0.1) is 28.6 Å². The van der Waals surface area contributed by atoms with E-state index in [1.165, 1.54) is 5.57 Å². The Kier molecular flexibility index (Phi) is 11.4. The average Bonchev–Trinajstić information content (AvgIpc) is 3.57. The van der Waals surface area contributed by atoms with Gasteiger partial charge >= 0.3 is 5.97 Å². The molecule has 4 aliphatic heterocycles. The van der Waals surface area contributed by atoms with Crippen molar-refractivity contribution in [2.75, 3.05) is 21.3 Å². The van der Waals surface area contributed by atoms with Gasteiger partial charge in [0.05, 0.1) is 54.2 Å². The maximum Gasteiger partial charge on any atom is 0.316 e. The van der Waals surface area contributed by atoms with E-state index < -0.39 is 72.4 Å². The van der Waals surface area contributed by atoms with Gasteiger partial charge in [0.25, 0.3) is 0 Å². The van der Waals surface area contributed by atoms with Crippen molar-refractivity contribution in [3.05, 3.63) is 11.6 Å². The molecular formula is C42H64O14. The summed E-state index contributed by atoms with van der Waals surface area (Å²) in [6.45, 7) is 9.81. The largest absolute Gasteiger partial charge is 0.461 e. The minimum atomic E-state index is -1.37. The van der Waals surface area contributed by atoms with E-state index in [0.29, 0.717) is 32.1 Å². The summed E-state index contributed by atoms with van der Waals surface area (Å²) in [5.41, 5.74) is -1.30. The first-order valence-corrected chi connectivity index (χ1v) is 21.0. The lowest BCUT2D eigenvalue weighted by molar-refractivity contribution is -0.338. The van der Waals surface area contributed by atoms with Gasteiger partial charge in [0, 0.05) is 47.0 Å². The second kappa shape index (κ2) is 15.5. The van der Waals surface area contributed by atoms with Gasteiger partial charge in [-0.15, -0.1) is 0 Å². The molecule has 4 saturated heterocycles. The van der Waals surface area contributed by atoms with Crippen LogP contribution >= 0.6 is 0 Å². The standard InChI is InChI=1S/C42H64O14/c1-20-35-28(43)19-42(46)27-10-9-24-15-25(11-13-40(24,5)26(27)12-14-41(35,42)39(45)53-20)54-32-17-30(48-7)37(22(3)51-32)56-34-18-31(49-8)38(23(4)52-34)55-33-16-29(47-6)36(44)21(2)50-33/h9,20-23,25-27,29-38,44,46H,10-19H2,1-8H3/t20-,21+,22-,23-,25+,26+,27-,29-,30+,31+,32+,33-,34+,35+,36+,37-,38-,40+,41-,42+/m1/s1. The van der Waals surface area contributed by atoms with E-state index in [2.05, 4.69) is 13.0 Å². The highest BCUT2D eigenvalue weighted by molar-refractivity contribution is 5.98. The molecule has 14 heteroatoms. The molecule has 20 atom stereocenters. The zero-order chi connectivity index (χ0) is 39.9. The summed E-state index contributed by atoms with van der Waals surface area (Å²) in [5.74, 6) is -0.970. The third-order valence-electron chi connectivity index (χ3n) is 15.5. The Morgan fingerprint density at radius 3 is 1.91 bits per heavy atom. The lowest BCUT2D eigenvalue weighted by Gasteiger charge is -2.59. The van der Waals surface area contributed by atoms with Crippen molar-refractivity contribution in [2.24, 2.45) is 28.6 Å². The first-order valence-electron chi connectivity index (χ1n) is 21.0. The highest BCUT2D eigenvalue weighted by Gasteiger charge is 2.78. The molecule has 1 spiro atoms. The number of hydrogen-bond donors (Lipinski definition) is 2. The van der Waals surface area contributed by atoms with Gasteiger partial charge < -0.3 is 57.6 Å². The number of esters is 1. The summed E-state index contributed by atoms with van der Waals surface area (Å²) >= 11 is 0. The van der Waals surface area contributed by atoms with Crippen molar-refractivity contribution in [3.63, 3.8) is 0 Å². The van der Waals surface area contributed by atoms with Crippen LogP contribution in [0.15, 0.2) is 11.6 Å². The molecule has 7 fully saturated rings. The van der Waals surface area contributed by atoms with Crippen molar-refractivity contribution in [2.45, 2.75) is 190 Å². The van der Waals surface area contributed by atoms with Gasteiger partial charge in [-0.3, -0.25) is 9.59 Å². The minimum Gasteiger partial charge on any atom is -0.461 e. The number of methoxy groups -OCH3 is 3. The van der Waals surface area contributed by atoms with Crippen LogP contribution in [0.25, 0.3) is 0 Å². The third-order valence-corrected chi connectivity index (χ3v) is 15.5. The number of rotatable bonds is 9. The molecule has 2 N–H and O–H groups in total. The van der Waals surface area contributed by atoms with Crippen LogP contribution in [-0.4, -0.2) is 135 Å². The number of ether oxygens (including phenoxy) is 10. The smallest absolute Gasteiger partial charge is 0.316 e. The van der Waals surface area contributed by atoms with Crippen molar-refractivity contribution in [1.29, 1.82) is 0 Å². The molecule has 0 aromatic heterocycles. The maximum atomic E-state index is 13.4. The van der Waals surface area contributed by atoms with E-state index >= 15 is 0 Å². The molecule has 0 radical (unpaired) electrons. The van der Waals surface area contributed by atoms with E-state index in [-0.39, 0.29) is 65.9 Å². The molecule has 8 rings (SSSR count). The van der Waals surface area contributed by atoms with E-state index in [0.717, 1.165) is 25.7 Å². The number of allylic oxidation sites excluding steroid dienone is 1. The van der Waals surface area contributed by atoms with Gasteiger partial charge in [0.1, 0.15) is 35.6 Å². The molecule has 3 saturated carbocycles. The minimum absolute atomic E-state index is 0.0326. The summed E-state index contributed by atoms with van der Waals surface area (Å²) in [7, 11) is 4.91. The van der Waals surface area contributed by atoms with Crippen molar-refractivity contribution >= 4 is 11.8 Å². The molecule has 0 bridgehead atoms. The summed E-state index contributed by atoms with van der Waals surface area (Å²) in [5, 5.41) is 22.8. The summed E-state index contributed by atoms with van der Waals surface area (Å²) in [4.78, 5) is 26.6. The Morgan fingerprint density at radius 1 is 0.732 bits per heavy atom. The fraction of sp³-hybridized carbons (Fsp3) is 0.905. The molecule has 0 aromatic carbocycles. The number of carbonyl (C=O) groups excluding carboxylic acids is 2. The van der Waals surface area contributed by atoms with Gasteiger partial charge in [0.15, 0.2) is 18.9 Å². The molecule has 0 aromatic rings. The second-order valence-electron chi connectivity index (χ2n) is 18.3. The van der Waals surface area contributed by atoms with E-state index in [4.69, 9.17) is 47.4 Å². The second-order valence-corrected chi connectivity index (χ2v) is 18.3. The number of aliphatic hydroxyl groups is 2. The number of aliphatic hydroxyl groups excluding tert-OH is 1. The molecule has 4 aliphatic carbocycles. The summed E-state index contributed by atoms with van der Waals surface area (Å²) < 4.78 is 61.4. The normalized spacial score (nSPS) is 53.0. The zero-order valence-electron chi connectivity index (χ0n) is 34.3. The van der Waals surface area contributed by atoms with Crippen LogP contribution in [0.5, 0.6) is 0 Å². The van der Waals surface area contributed by atoms with Gasteiger partial charge in [-0.05, 0) is 83.5 Å². The fourth-order valence-corrected chi connectivity index (χ4v) is 12.6. The van der Waals surface area contributed by atoms with Crippen molar-refractivity contribution in [1.82, 2.24) is 0 Å². The fourth-order valence-electron chi connectivity index (χ4n) is 12.6. The summed E-state index contributed by atoms with van der Waals surface area (Å²) in [6.07, 6.45) is 2.12.